The normalized spacial score (nSPS) is 10.8. The van der Waals surface area contributed by atoms with Crippen LogP contribution in [0.15, 0.2) is 43.0 Å². The lowest BCUT2D eigenvalue weighted by molar-refractivity contribution is 1.18. The molecule has 0 aliphatic rings. The molecule has 0 spiro atoms. The fourth-order valence-corrected chi connectivity index (χ4v) is 1.84. The van der Waals surface area contributed by atoms with Gasteiger partial charge in [0.2, 0.25) is 0 Å². The topological polar surface area (TPSA) is 67.6 Å². The van der Waals surface area contributed by atoms with Gasteiger partial charge in [-0.3, -0.25) is 0 Å². The molecule has 0 atom stereocenters. The third kappa shape index (κ3) is 1.24. The average Bonchev–Trinajstić information content (AvgIpc) is 2.74. The number of fused-ring (bicyclic) bond motifs is 1. The highest BCUT2D eigenvalue weighted by Gasteiger charge is 2.08. The van der Waals surface area contributed by atoms with E-state index in [1.807, 2.05) is 30.5 Å². The standard InChI is InChI=1S/C12H10N4/c13-12-10(5-14-7-16-12)9-6-15-11-4-2-1-3-8(9)11/h1-7,15H,(H2,13,14,16). The van der Waals surface area contributed by atoms with Gasteiger partial charge in [-0.25, -0.2) is 9.97 Å². The SMILES string of the molecule is Nc1ncncc1-c1c[nH]c2ccccc12. The first kappa shape index (κ1) is 8.91. The van der Waals surface area contributed by atoms with E-state index in [2.05, 4.69) is 15.0 Å². The number of H-pyrrole nitrogens is 1. The number of aromatic amines is 1. The average molecular weight is 210 g/mol. The summed E-state index contributed by atoms with van der Waals surface area (Å²) in [5.41, 5.74) is 8.82. The molecule has 3 rings (SSSR count). The van der Waals surface area contributed by atoms with Gasteiger partial charge in [-0.1, -0.05) is 18.2 Å². The van der Waals surface area contributed by atoms with Gasteiger partial charge in [-0.2, -0.15) is 0 Å². The van der Waals surface area contributed by atoms with E-state index < -0.39 is 0 Å². The first-order valence-corrected chi connectivity index (χ1v) is 4.98. The summed E-state index contributed by atoms with van der Waals surface area (Å²) in [6.07, 6.45) is 5.12. The van der Waals surface area contributed by atoms with Crippen molar-refractivity contribution in [1.29, 1.82) is 0 Å². The summed E-state index contributed by atoms with van der Waals surface area (Å²) in [6.45, 7) is 0. The smallest absolute Gasteiger partial charge is 0.134 e. The number of anilines is 1. The predicted molar refractivity (Wildman–Crippen MR) is 63.7 cm³/mol. The number of hydrogen-bond donors (Lipinski definition) is 2. The molecule has 78 valence electrons. The maximum atomic E-state index is 5.84. The zero-order chi connectivity index (χ0) is 11.0. The Balaban J connectivity index is 2.31. The second kappa shape index (κ2) is 3.34. The number of nitrogens with zero attached hydrogens (tertiary/aromatic N) is 2. The molecule has 0 aliphatic heterocycles. The van der Waals surface area contributed by atoms with Crippen LogP contribution in [0.5, 0.6) is 0 Å². The molecule has 16 heavy (non-hydrogen) atoms. The van der Waals surface area contributed by atoms with Gasteiger partial charge in [-0.15, -0.1) is 0 Å². The van der Waals surface area contributed by atoms with Crippen LogP contribution in [0.25, 0.3) is 22.0 Å². The third-order valence-electron chi connectivity index (χ3n) is 2.62. The fraction of sp³-hybridized carbons (Fsp3) is 0. The molecule has 0 amide bonds. The second-order valence-electron chi connectivity index (χ2n) is 3.57. The van der Waals surface area contributed by atoms with Gasteiger partial charge < -0.3 is 10.7 Å². The molecule has 4 nitrogen and oxygen atoms in total. The lowest BCUT2D eigenvalue weighted by Gasteiger charge is -2.01. The molecule has 0 unspecified atom stereocenters. The van der Waals surface area contributed by atoms with Crippen LogP contribution in [-0.2, 0) is 0 Å². The van der Waals surface area contributed by atoms with Crippen molar-refractivity contribution < 1.29 is 0 Å². The molecule has 3 aromatic rings. The molecule has 2 aromatic heterocycles. The number of rotatable bonds is 1. The minimum absolute atomic E-state index is 0.500. The van der Waals surface area contributed by atoms with Crippen molar-refractivity contribution in [3.63, 3.8) is 0 Å². The van der Waals surface area contributed by atoms with Gasteiger partial charge in [0.05, 0.1) is 0 Å². The molecule has 4 heteroatoms. The Bertz CT molecular complexity index is 642. The highest BCUT2D eigenvalue weighted by atomic mass is 14.9. The van der Waals surface area contributed by atoms with Crippen LogP contribution in [0.4, 0.5) is 5.82 Å². The number of para-hydroxylation sites is 1. The minimum Gasteiger partial charge on any atom is -0.383 e. The zero-order valence-electron chi connectivity index (χ0n) is 8.51. The first-order valence-electron chi connectivity index (χ1n) is 4.98. The molecular formula is C12H10N4. The maximum absolute atomic E-state index is 5.84. The van der Waals surface area contributed by atoms with Crippen LogP contribution < -0.4 is 5.73 Å². The number of nitrogens with two attached hydrogens (primary N) is 1. The summed E-state index contributed by atoms with van der Waals surface area (Å²) in [6, 6.07) is 8.07. The van der Waals surface area contributed by atoms with E-state index in [1.165, 1.54) is 6.33 Å². The molecule has 1 aromatic carbocycles. The Morgan fingerprint density at radius 3 is 2.88 bits per heavy atom. The molecule has 0 radical (unpaired) electrons. The molecule has 0 fully saturated rings. The van der Waals surface area contributed by atoms with Gasteiger partial charge >= 0.3 is 0 Å². The van der Waals surface area contributed by atoms with E-state index in [1.54, 1.807) is 6.20 Å². The van der Waals surface area contributed by atoms with Crippen molar-refractivity contribution in [1.82, 2.24) is 15.0 Å². The molecule has 0 saturated carbocycles. The summed E-state index contributed by atoms with van der Waals surface area (Å²) < 4.78 is 0. The van der Waals surface area contributed by atoms with E-state index in [0.717, 1.165) is 22.0 Å². The van der Waals surface area contributed by atoms with E-state index >= 15 is 0 Å². The summed E-state index contributed by atoms with van der Waals surface area (Å²) in [5.74, 6) is 0.500. The van der Waals surface area contributed by atoms with E-state index in [0.29, 0.717) is 5.82 Å². The van der Waals surface area contributed by atoms with E-state index in [-0.39, 0.29) is 0 Å². The number of nitrogens with one attached hydrogen (secondary N) is 1. The molecule has 0 aliphatic carbocycles. The summed E-state index contributed by atoms with van der Waals surface area (Å²) in [7, 11) is 0. The largest absolute Gasteiger partial charge is 0.383 e. The van der Waals surface area contributed by atoms with Crippen molar-refractivity contribution in [3.8, 4) is 11.1 Å². The van der Waals surface area contributed by atoms with Crippen molar-refractivity contribution in [2.24, 2.45) is 0 Å². The number of hydrogen-bond acceptors (Lipinski definition) is 3. The maximum Gasteiger partial charge on any atom is 0.134 e. The number of nitrogen functional groups attached to an aromatic ring is 1. The van der Waals surface area contributed by atoms with Gasteiger partial charge in [0.25, 0.3) is 0 Å². The zero-order valence-corrected chi connectivity index (χ0v) is 8.51. The molecule has 0 saturated heterocycles. The van der Waals surface area contributed by atoms with Gasteiger partial charge in [0.15, 0.2) is 0 Å². The molecule has 0 bridgehead atoms. The summed E-state index contributed by atoms with van der Waals surface area (Å²) >= 11 is 0. The number of aromatic nitrogens is 3. The lowest BCUT2D eigenvalue weighted by Crippen LogP contribution is -1.93. The fourth-order valence-electron chi connectivity index (χ4n) is 1.84. The van der Waals surface area contributed by atoms with Crippen LogP contribution >= 0.6 is 0 Å². The quantitative estimate of drug-likeness (QED) is 0.647. The Morgan fingerprint density at radius 1 is 1.12 bits per heavy atom. The summed E-state index contributed by atoms with van der Waals surface area (Å²) in [4.78, 5) is 11.2. The molecule has 2 heterocycles. The van der Waals surface area contributed by atoms with Crippen LogP contribution in [0.2, 0.25) is 0 Å². The van der Waals surface area contributed by atoms with E-state index in [9.17, 15) is 0 Å². The Morgan fingerprint density at radius 2 is 2.00 bits per heavy atom. The Labute approximate surface area is 92.2 Å². The van der Waals surface area contributed by atoms with Gasteiger partial charge in [0, 0.05) is 34.4 Å². The minimum atomic E-state index is 0.500. The third-order valence-corrected chi connectivity index (χ3v) is 2.62. The van der Waals surface area contributed by atoms with Crippen LogP contribution in [-0.4, -0.2) is 15.0 Å². The lowest BCUT2D eigenvalue weighted by atomic mass is 10.1. The van der Waals surface area contributed by atoms with Crippen LogP contribution in [0.1, 0.15) is 0 Å². The van der Waals surface area contributed by atoms with E-state index in [4.69, 9.17) is 5.73 Å². The van der Waals surface area contributed by atoms with Crippen LogP contribution in [0.3, 0.4) is 0 Å². The predicted octanol–water partition coefficient (Wildman–Crippen LogP) is 2.21. The van der Waals surface area contributed by atoms with Crippen molar-refractivity contribution in [3.05, 3.63) is 43.0 Å². The molecule has 3 N–H and O–H groups in total. The first-order chi connectivity index (χ1) is 7.86. The van der Waals surface area contributed by atoms with Crippen molar-refractivity contribution in [2.75, 3.05) is 5.73 Å². The highest BCUT2D eigenvalue weighted by molar-refractivity contribution is 5.97. The van der Waals surface area contributed by atoms with Crippen LogP contribution in [0, 0.1) is 0 Å². The number of benzene rings is 1. The monoisotopic (exact) mass is 210 g/mol. The van der Waals surface area contributed by atoms with Crippen molar-refractivity contribution in [2.45, 2.75) is 0 Å². The second-order valence-corrected chi connectivity index (χ2v) is 3.57. The van der Waals surface area contributed by atoms with Crippen molar-refractivity contribution >= 4 is 16.7 Å². The summed E-state index contributed by atoms with van der Waals surface area (Å²) in [5, 5.41) is 1.13. The Hall–Kier alpha value is -2.36. The van der Waals surface area contributed by atoms with Gasteiger partial charge in [-0.05, 0) is 6.07 Å². The Kier molecular flexibility index (Phi) is 1.86. The highest BCUT2D eigenvalue weighted by Crippen LogP contribution is 2.30. The molecular weight excluding hydrogens is 200 g/mol. The van der Waals surface area contributed by atoms with Gasteiger partial charge in [0.1, 0.15) is 12.1 Å².